The number of aromatic nitrogens is 4. The summed E-state index contributed by atoms with van der Waals surface area (Å²) in [7, 11) is 5.48. The van der Waals surface area contributed by atoms with Gasteiger partial charge in [-0.1, -0.05) is 0 Å². The highest BCUT2D eigenvalue weighted by Crippen LogP contribution is 2.39. The highest BCUT2D eigenvalue weighted by atomic mass is 16.8. The first-order chi connectivity index (χ1) is 11.9. The Bertz CT molecular complexity index is 777. The van der Waals surface area contributed by atoms with E-state index in [9.17, 15) is 0 Å². The lowest BCUT2D eigenvalue weighted by molar-refractivity contribution is -0.228. The lowest BCUT2D eigenvalue weighted by Gasteiger charge is -2.23. The fourth-order valence-electron chi connectivity index (χ4n) is 3.50. The van der Waals surface area contributed by atoms with Crippen molar-refractivity contribution in [3.8, 4) is 0 Å². The largest absolute Gasteiger partial charge is 0.361 e. The van der Waals surface area contributed by atoms with Crippen LogP contribution in [0.1, 0.15) is 13.8 Å². The molecule has 0 unspecified atom stereocenters. The normalized spacial score (nSPS) is 30.8. The van der Waals surface area contributed by atoms with E-state index in [-0.39, 0.29) is 18.3 Å². The van der Waals surface area contributed by atoms with Crippen LogP contribution in [0, 0.1) is 0 Å². The minimum absolute atomic E-state index is 0.201. The lowest BCUT2D eigenvalue weighted by Crippen LogP contribution is -2.32. The quantitative estimate of drug-likeness (QED) is 0.801. The maximum Gasteiger partial charge on any atom is 0.186 e. The number of ether oxygens (including phenoxy) is 4. The zero-order valence-electron chi connectivity index (χ0n) is 15.0. The van der Waals surface area contributed by atoms with Crippen molar-refractivity contribution in [2.24, 2.45) is 0 Å². The monoisotopic (exact) mass is 349 g/mol. The van der Waals surface area contributed by atoms with Gasteiger partial charge in [-0.2, -0.15) is 0 Å². The first-order valence-electron chi connectivity index (χ1n) is 8.26. The molecule has 2 aromatic heterocycles. The second kappa shape index (κ2) is 5.87. The van der Waals surface area contributed by atoms with Crippen molar-refractivity contribution in [1.82, 2.24) is 19.5 Å². The third kappa shape index (κ3) is 2.77. The Morgan fingerprint density at radius 2 is 1.96 bits per heavy atom. The van der Waals surface area contributed by atoms with Gasteiger partial charge in [0, 0.05) is 21.2 Å². The van der Waals surface area contributed by atoms with Crippen molar-refractivity contribution in [2.45, 2.75) is 50.8 Å². The van der Waals surface area contributed by atoms with Crippen LogP contribution in [0.3, 0.4) is 0 Å². The van der Waals surface area contributed by atoms with E-state index in [0.29, 0.717) is 6.54 Å². The third-order valence-electron chi connectivity index (χ3n) is 4.52. The van der Waals surface area contributed by atoms with Crippen LogP contribution < -0.4 is 4.90 Å². The molecule has 0 N–H and O–H groups in total. The summed E-state index contributed by atoms with van der Waals surface area (Å²) in [5.41, 5.74) is 1.52. The number of methoxy groups -OCH3 is 1. The Morgan fingerprint density at radius 1 is 1.20 bits per heavy atom. The number of anilines is 1. The van der Waals surface area contributed by atoms with Gasteiger partial charge in [-0.05, 0) is 13.8 Å². The number of nitrogens with zero attached hydrogens (tertiary/aromatic N) is 5. The van der Waals surface area contributed by atoms with Crippen LogP contribution in [0.2, 0.25) is 0 Å². The molecule has 9 nitrogen and oxygen atoms in total. The fraction of sp³-hybridized carbons (Fsp3) is 0.688. The van der Waals surface area contributed by atoms with Crippen LogP contribution in [0.5, 0.6) is 0 Å². The van der Waals surface area contributed by atoms with E-state index in [1.807, 2.05) is 37.4 Å². The molecule has 2 aliphatic heterocycles. The first kappa shape index (κ1) is 16.6. The summed E-state index contributed by atoms with van der Waals surface area (Å²) in [6.07, 6.45) is 2.20. The fourth-order valence-corrected chi connectivity index (χ4v) is 3.50. The summed E-state index contributed by atoms with van der Waals surface area (Å²) in [6.45, 7) is 4.34. The molecule has 2 aromatic rings. The molecule has 0 saturated carbocycles. The molecular weight excluding hydrogens is 326 g/mol. The van der Waals surface area contributed by atoms with Crippen LogP contribution in [-0.2, 0) is 25.5 Å². The highest BCUT2D eigenvalue weighted by Gasteiger charge is 2.55. The lowest BCUT2D eigenvalue weighted by atomic mass is 10.1. The number of fused-ring (bicyclic) bond motifs is 2. The van der Waals surface area contributed by atoms with Gasteiger partial charge in [0.2, 0.25) is 0 Å². The molecule has 0 radical (unpaired) electrons. The van der Waals surface area contributed by atoms with Crippen molar-refractivity contribution >= 4 is 17.0 Å². The van der Waals surface area contributed by atoms with Gasteiger partial charge in [0.1, 0.15) is 24.6 Å². The molecule has 9 heteroatoms. The van der Waals surface area contributed by atoms with Gasteiger partial charge >= 0.3 is 0 Å². The van der Waals surface area contributed by atoms with Gasteiger partial charge in [0.15, 0.2) is 29.1 Å². The van der Waals surface area contributed by atoms with E-state index >= 15 is 0 Å². The van der Waals surface area contributed by atoms with E-state index in [1.54, 1.807) is 19.8 Å². The predicted octanol–water partition coefficient (Wildman–Crippen LogP) is 0.784. The van der Waals surface area contributed by atoms with Crippen LogP contribution in [-0.4, -0.2) is 71.1 Å². The van der Waals surface area contributed by atoms with Crippen LogP contribution in [0.25, 0.3) is 11.2 Å². The second-order valence-electron chi connectivity index (χ2n) is 7.00. The molecular formula is C16H23N5O4. The molecule has 4 atom stereocenters. The average Bonchev–Trinajstić information content (AvgIpc) is 3.19. The Morgan fingerprint density at radius 3 is 2.68 bits per heavy atom. The summed E-state index contributed by atoms with van der Waals surface area (Å²) >= 11 is 0. The predicted molar refractivity (Wildman–Crippen MR) is 89.1 cm³/mol. The van der Waals surface area contributed by atoms with Gasteiger partial charge in [0.05, 0.1) is 12.9 Å². The number of hydrogen-bond acceptors (Lipinski definition) is 8. The number of imidazole rings is 1. The summed E-state index contributed by atoms with van der Waals surface area (Å²) in [5, 5.41) is 0. The van der Waals surface area contributed by atoms with Crippen molar-refractivity contribution in [1.29, 1.82) is 0 Å². The highest BCUT2D eigenvalue weighted by molar-refractivity contribution is 5.82. The molecule has 0 bridgehead atoms. The molecule has 0 spiro atoms. The van der Waals surface area contributed by atoms with Gasteiger partial charge in [-0.3, -0.25) is 0 Å². The molecule has 2 aliphatic rings. The topological polar surface area (TPSA) is 83.8 Å². The van der Waals surface area contributed by atoms with Gasteiger partial charge in [0.25, 0.3) is 0 Å². The average molecular weight is 349 g/mol. The maximum absolute atomic E-state index is 6.04. The van der Waals surface area contributed by atoms with Crippen molar-refractivity contribution in [3.63, 3.8) is 0 Å². The molecule has 2 saturated heterocycles. The molecule has 2 fully saturated rings. The SMILES string of the molecule is CO[C@@H]1O[C@H](Cn2cnc3c(N(C)C)ncnc32)[C@H]2OC(C)(C)O[C@@H]12. The zero-order valence-corrected chi connectivity index (χ0v) is 15.0. The molecule has 0 amide bonds. The summed E-state index contributed by atoms with van der Waals surface area (Å²) in [4.78, 5) is 15.1. The molecule has 0 aromatic carbocycles. The first-order valence-corrected chi connectivity index (χ1v) is 8.26. The van der Waals surface area contributed by atoms with E-state index < -0.39 is 12.1 Å². The third-order valence-corrected chi connectivity index (χ3v) is 4.52. The van der Waals surface area contributed by atoms with Gasteiger partial charge < -0.3 is 28.4 Å². The van der Waals surface area contributed by atoms with Crippen molar-refractivity contribution in [3.05, 3.63) is 12.7 Å². The number of rotatable bonds is 4. The van der Waals surface area contributed by atoms with E-state index in [4.69, 9.17) is 18.9 Å². The van der Waals surface area contributed by atoms with E-state index in [1.165, 1.54) is 0 Å². The van der Waals surface area contributed by atoms with Crippen LogP contribution in [0.4, 0.5) is 5.82 Å². The second-order valence-corrected chi connectivity index (χ2v) is 7.00. The molecule has 4 heterocycles. The maximum atomic E-state index is 6.04. The van der Waals surface area contributed by atoms with Gasteiger partial charge in [-0.25, -0.2) is 15.0 Å². The summed E-state index contributed by atoms with van der Waals surface area (Å²) < 4.78 is 25.3. The molecule has 25 heavy (non-hydrogen) atoms. The zero-order chi connectivity index (χ0) is 17.8. The molecule has 136 valence electrons. The summed E-state index contributed by atoms with van der Waals surface area (Å²) in [6, 6.07) is 0. The van der Waals surface area contributed by atoms with E-state index in [2.05, 4.69) is 15.0 Å². The minimum Gasteiger partial charge on any atom is -0.361 e. The Kier molecular flexibility index (Phi) is 3.91. The summed E-state index contributed by atoms with van der Waals surface area (Å²) in [5.74, 6) is 0.135. The Balaban J connectivity index is 1.62. The van der Waals surface area contributed by atoms with Crippen molar-refractivity contribution in [2.75, 3.05) is 26.1 Å². The molecule has 0 aliphatic carbocycles. The van der Waals surface area contributed by atoms with Crippen LogP contribution >= 0.6 is 0 Å². The van der Waals surface area contributed by atoms with Crippen molar-refractivity contribution < 1.29 is 18.9 Å². The minimum atomic E-state index is -0.647. The standard InChI is InChI=1S/C16H23N5O4/c1-16(2)24-11-9(23-15(22-5)12(11)25-16)6-21-8-19-10-13(20(3)4)17-7-18-14(10)21/h7-9,11-12,15H,6H2,1-5H3/t9-,11-,12-,15-/m1/s1. The van der Waals surface area contributed by atoms with Crippen LogP contribution in [0.15, 0.2) is 12.7 Å². The van der Waals surface area contributed by atoms with E-state index in [0.717, 1.165) is 17.0 Å². The molecule has 4 rings (SSSR count). The Labute approximate surface area is 145 Å². The van der Waals surface area contributed by atoms with Gasteiger partial charge in [-0.15, -0.1) is 0 Å². The Hall–Kier alpha value is -1.81. The number of hydrogen-bond donors (Lipinski definition) is 0. The smallest absolute Gasteiger partial charge is 0.186 e.